The van der Waals surface area contributed by atoms with E-state index < -0.39 is 0 Å². The van der Waals surface area contributed by atoms with Crippen molar-refractivity contribution in [3.8, 4) is 5.75 Å². The van der Waals surface area contributed by atoms with E-state index in [1.165, 1.54) is 5.56 Å². The van der Waals surface area contributed by atoms with Gasteiger partial charge in [0.25, 0.3) is 0 Å². The highest BCUT2D eigenvalue weighted by atomic mass is 16.5. The van der Waals surface area contributed by atoms with Crippen LogP contribution in [0.15, 0.2) is 53.5 Å². The molecule has 84 valence electrons. The van der Waals surface area contributed by atoms with Crippen molar-refractivity contribution in [1.29, 1.82) is 0 Å². The Labute approximate surface area is 101 Å². The second-order valence-electron chi connectivity index (χ2n) is 4.06. The Kier molecular flexibility index (Phi) is 2.41. The first kappa shape index (κ1) is 10.1. The van der Waals surface area contributed by atoms with Gasteiger partial charge in [-0.15, -0.1) is 0 Å². The van der Waals surface area contributed by atoms with Gasteiger partial charge in [0.1, 0.15) is 5.75 Å². The molecule has 0 atom stereocenters. The molecule has 2 aromatic rings. The lowest BCUT2D eigenvalue weighted by Crippen LogP contribution is -2.02. The molecule has 0 saturated carbocycles. The Bertz CT molecular complexity index is 587. The number of hydrogen-bond acceptors (Lipinski definition) is 2. The van der Waals surface area contributed by atoms with Gasteiger partial charge in [0.05, 0.1) is 18.5 Å². The van der Waals surface area contributed by atoms with Crippen LogP contribution in [0.25, 0.3) is 0 Å². The second kappa shape index (κ2) is 4.06. The molecule has 3 rings (SSSR count). The molecule has 0 radical (unpaired) electrons. The molecule has 2 heteroatoms. The summed E-state index contributed by atoms with van der Waals surface area (Å²) in [5, 5.41) is 0. The molecule has 0 bridgehead atoms. The van der Waals surface area contributed by atoms with Gasteiger partial charge in [-0.2, -0.15) is 0 Å². The number of rotatable bonds is 2. The average molecular weight is 223 g/mol. The molecule has 0 N–H and O–H groups in total. The molecule has 0 aromatic heterocycles. The summed E-state index contributed by atoms with van der Waals surface area (Å²) in [5.41, 5.74) is 4.54. The lowest BCUT2D eigenvalue weighted by Gasteiger charge is -2.07. The number of nitrogens with zero attached hydrogens (tertiary/aromatic N) is 1. The summed E-state index contributed by atoms with van der Waals surface area (Å²) in [4.78, 5) is 4.67. The molecule has 0 unspecified atom stereocenters. The van der Waals surface area contributed by atoms with E-state index in [0.29, 0.717) is 0 Å². The molecule has 17 heavy (non-hydrogen) atoms. The standard InChI is InChI=1S/C15H13NO/c1-17-15-9-5-3-7-12(15)14-10-11-6-2-4-8-13(11)16-14/h2-9H,10H2,1H3. The largest absolute Gasteiger partial charge is 0.496 e. The first-order valence-electron chi connectivity index (χ1n) is 5.67. The minimum Gasteiger partial charge on any atom is -0.496 e. The van der Waals surface area contributed by atoms with Crippen molar-refractivity contribution in [3.63, 3.8) is 0 Å². The Balaban J connectivity index is 2.04. The lowest BCUT2D eigenvalue weighted by molar-refractivity contribution is 0.414. The van der Waals surface area contributed by atoms with E-state index in [2.05, 4.69) is 29.3 Å². The Morgan fingerprint density at radius 2 is 1.76 bits per heavy atom. The molecule has 2 nitrogen and oxygen atoms in total. The Morgan fingerprint density at radius 1 is 1.00 bits per heavy atom. The normalized spacial score (nSPS) is 13.1. The number of fused-ring (bicyclic) bond motifs is 1. The third-order valence-corrected chi connectivity index (χ3v) is 3.02. The fraction of sp³-hybridized carbons (Fsp3) is 0.133. The first-order valence-corrected chi connectivity index (χ1v) is 5.67. The molecular weight excluding hydrogens is 210 g/mol. The highest BCUT2D eigenvalue weighted by Crippen LogP contribution is 2.31. The maximum Gasteiger partial charge on any atom is 0.127 e. The topological polar surface area (TPSA) is 21.6 Å². The molecular formula is C15H13NO. The summed E-state index contributed by atoms with van der Waals surface area (Å²) in [6, 6.07) is 16.3. The molecule has 1 heterocycles. The van der Waals surface area contributed by atoms with Gasteiger partial charge in [0, 0.05) is 12.0 Å². The van der Waals surface area contributed by atoms with Crippen molar-refractivity contribution in [3.05, 3.63) is 59.7 Å². The molecule has 2 aromatic carbocycles. The van der Waals surface area contributed by atoms with Crippen molar-refractivity contribution in [2.24, 2.45) is 4.99 Å². The highest BCUT2D eigenvalue weighted by molar-refractivity contribution is 6.08. The lowest BCUT2D eigenvalue weighted by atomic mass is 10.0. The van der Waals surface area contributed by atoms with Gasteiger partial charge in [-0.1, -0.05) is 30.3 Å². The van der Waals surface area contributed by atoms with Crippen LogP contribution in [-0.2, 0) is 6.42 Å². The van der Waals surface area contributed by atoms with Gasteiger partial charge in [0.2, 0.25) is 0 Å². The summed E-state index contributed by atoms with van der Waals surface area (Å²) in [5.74, 6) is 0.888. The number of hydrogen-bond donors (Lipinski definition) is 0. The van der Waals surface area contributed by atoms with Gasteiger partial charge < -0.3 is 4.74 Å². The van der Waals surface area contributed by atoms with Crippen LogP contribution in [0.5, 0.6) is 5.75 Å². The summed E-state index contributed by atoms with van der Waals surface area (Å²) < 4.78 is 5.38. The number of ether oxygens (including phenoxy) is 1. The van der Waals surface area contributed by atoms with Crippen molar-refractivity contribution in [2.45, 2.75) is 6.42 Å². The maximum absolute atomic E-state index is 5.38. The molecule has 0 aliphatic carbocycles. The van der Waals surface area contributed by atoms with Crippen molar-refractivity contribution >= 4 is 11.4 Å². The zero-order chi connectivity index (χ0) is 11.7. The predicted molar refractivity (Wildman–Crippen MR) is 69.3 cm³/mol. The third-order valence-electron chi connectivity index (χ3n) is 3.02. The van der Waals surface area contributed by atoms with Crippen LogP contribution in [0.4, 0.5) is 5.69 Å². The van der Waals surface area contributed by atoms with Gasteiger partial charge in [-0.25, -0.2) is 0 Å². The maximum atomic E-state index is 5.38. The molecule has 0 fully saturated rings. The van der Waals surface area contributed by atoms with Gasteiger partial charge >= 0.3 is 0 Å². The predicted octanol–water partition coefficient (Wildman–Crippen LogP) is 3.37. The van der Waals surface area contributed by atoms with Gasteiger partial charge in [-0.05, 0) is 23.8 Å². The Morgan fingerprint density at radius 3 is 2.59 bits per heavy atom. The monoisotopic (exact) mass is 223 g/mol. The highest BCUT2D eigenvalue weighted by Gasteiger charge is 2.17. The third kappa shape index (κ3) is 1.72. The molecule has 1 aliphatic rings. The smallest absolute Gasteiger partial charge is 0.127 e. The molecule has 0 spiro atoms. The van der Waals surface area contributed by atoms with E-state index in [1.807, 2.05) is 24.3 Å². The zero-order valence-electron chi connectivity index (χ0n) is 9.68. The fourth-order valence-corrected chi connectivity index (χ4v) is 2.17. The van der Waals surface area contributed by atoms with Crippen LogP contribution in [0.3, 0.4) is 0 Å². The Hall–Kier alpha value is -2.09. The first-order chi connectivity index (χ1) is 8.38. The van der Waals surface area contributed by atoms with Crippen LogP contribution < -0.4 is 4.74 Å². The van der Waals surface area contributed by atoms with Crippen LogP contribution in [0, 0.1) is 0 Å². The minimum atomic E-state index is 0.885. The second-order valence-corrected chi connectivity index (χ2v) is 4.06. The molecule has 1 aliphatic heterocycles. The summed E-state index contributed by atoms with van der Waals surface area (Å²) >= 11 is 0. The van der Waals surface area contributed by atoms with E-state index in [0.717, 1.165) is 29.1 Å². The van der Waals surface area contributed by atoms with Crippen LogP contribution in [-0.4, -0.2) is 12.8 Å². The van der Waals surface area contributed by atoms with Gasteiger partial charge in [0.15, 0.2) is 0 Å². The van der Waals surface area contributed by atoms with Crippen LogP contribution >= 0.6 is 0 Å². The van der Waals surface area contributed by atoms with E-state index in [-0.39, 0.29) is 0 Å². The van der Waals surface area contributed by atoms with E-state index in [4.69, 9.17) is 4.74 Å². The van der Waals surface area contributed by atoms with E-state index in [1.54, 1.807) is 7.11 Å². The van der Waals surface area contributed by atoms with Crippen LogP contribution in [0.1, 0.15) is 11.1 Å². The van der Waals surface area contributed by atoms with E-state index in [9.17, 15) is 0 Å². The number of benzene rings is 2. The zero-order valence-corrected chi connectivity index (χ0v) is 9.68. The summed E-state index contributed by atoms with van der Waals surface area (Å²) in [6.07, 6.45) is 0.885. The quantitative estimate of drug-likeness (QED) is 0.764. The number of para-hydroxylation sites is 2. The van der Waals surface area contributed by atoms with Crippen molar-refractivity contribution in [2.75, 3.05) is 7.11 Å². The molecule has 0 saturated heterocycles. The minimum absolute atomic E-state index is 0.885. The van der Waals surface area contributed by atoms with E-state index >= 15 is 0 Å². The summed E-state index contributed by atoms with van der Waals surface area (Å²) in [7, 11) is 1.70. The van der Waals surface area contributed by atoms with Crippen molar-refractivity contribution in [1.82, 2.24) is 0 Å². The number of methoxy groups -OCH3 is 1. The SMILES string of the molecule is COc1ccccc1C1=Nc2ccccc2C1. The van der Waals surface area contributed by atoms with Crippen molar-refractivity contribution < 1.29 is 4.74 Å². The van der Waals surface area contributed by atoms with Crippen LogP contribution in [0.2, 0.25) is 0 Å². The average Bonchev–Trinajstić information content (AvgIpc) is 2.82. The van der Waals surface area contributed by atoms with Gasteiger partial charge in [-0.3, -0.25) is 4.99 Å². The molecule has 0 amide bonds. The summed E-state index contributed by atoms with van der Waals surface area (Å²) in [6.45, 7) is 0. The number of aliphatic imine (C=N–C) groups is 1. The fourth-order valence-electron chi connectivity index (χ4n) is 2.17.